The Morgan fingerprint density at radius 1 is 1.42 bits per heavy atom. The maximum absolute atomic E-state index is 13.2. The Balaban J connectivity index is 1.52. The number of aliphatic hydroxyl groups is 1. The highest BCUT2D eigenvalue weighted by Gasteiger charge is 2.38. The van der Waals surface area contributed by atoms with Crippen LogP contribution in [0.4, 0.5) is 4.39 Å². The molecule has 2 fully saturated rings. The molecule has 24 heavy (non-hydrogen) atoms. The first-order valence-electron chi connectivity index (χ1n) is 8.61. The number of hydrogen-bond donors (Lipinski definition) is 2. The van der Waals surface area contributed by atoms with Crippen molar-refractivity contribution in [3.8, 4) is 0 Å². The summed E-state index contributed by atoms with van der Waals surface area (Å²) in [5.74, 6) is -0.0911. The third-order valence-corrected chi connectivity index (χ3v) is 5.00. The van der Waals surface area contributed by atoms with Crippen LogP contribution in [-0.4, -0.2) is 60.4 Å². The molecule has 1 aromatic rings. The summed E-state index contributed by atoms with van der Waals surface area (Å²) >= 11 is 0. The van der Waals surface area contributed by atoms with Gasteiger partial charge in [-0.25, -0.2) is 4.39 Å². The molecule has 2 saturated heterocycles. The molecule has 3 rings (SSSR count). The Morgan fingerprint density at radius 3 is 2.88 bits per heavy atom. The highest BCUT2D eigenvalue weighted by molar-refractivity contribution is 5.94. The van der Waals surface area contributed by atoms with Crippen molar-refractivity contribution in [2.75, 3.05) is 26.2 Å². The number of rotatable bonds is 4. The highest BCUT2D eigenvalue weighted by atomic mass is 19.1. The number of nitrogens with zero attached hydrogens (tertiary/aromatic N) is 1. The van der Waals surface area contributed by atoms with Crippen LogP contribution in [0.3, 0.4) is 0 Å². The first kappa shape index (κ1) is 17.3. The van der Waals surface area contributed by atoms with E-state index in [4.69, 9.17) is 4.74 Å². The number of piperidine rings is 1. The second-order valence-corrected chi connectivity index (χ2v) is 6.94. The van der Waals surface area contributed by atoms with Crippen molar-refractivity contribution in [2.45, 2.75) is 38.0 Å². The normalized spacial score (nSPS) is 28.9. The van der Waals surface area contributed by atoms with E-state index in [0.717, 1.165) is 19.0 Å². The van der Waals surface area contributed by atoms with Crippen LogP contribution in [-0.2, 0) is 4.74 Å². The first-order valence-corrected chi connectivity index (χ1v) is 8.61. The summed E-state index contributed by atoms with van der Waals surface area (Å²) in [6, 6.07) is 5.05. The van der Waals surface area contributed by atoms with Gasteiger partial charge in [0.2, 0.25) is 0 Å². The Morgan fingerprint density at radius 2 is 2.17 bits per heavy atom. The zero-order valence-corrected chi connectivity index (χ0v) is 14.0. The minimum absolute atomic E-state index is 0.246. The van der Waals surface area contributed by atoms with E-state index in [-0.39, 0.29) is 18.3 Å². The van der Waals surface area contributed by atoms with E-state index in [0.29, 0.717) is 6.54 Å². The van der Waals surface area contributed by atoms with Gasteiger partial charge in [0.1, 0.15) is 11.9 Å². The van der Waals surface area contributed by atoms with Gasteiger partial charge >= 0.3 is 0 Å². The SMILES string of the molecule is CC1CCN(C[C@@H]2OC[C@H](NC(=O)c3cccc(F)c3)[C@H]2O)CC1. The van der Waals surface area contributed by atoms with Gasteiger partial charge in [-0.05, 0) is 50.0 Å². The fraction of sp³-hybridized carbons (Fsp3) is 0.611. The molecular formula is C18H25FN2O3. The Bertz CT molecular complexity index is 575. The zero-order chi connectivity index (χ0) is 17.1. The monoisotopic (exact) mass is 336 g/mol. The van der Waals surface area contributed by atoms with Gasteiger partial charge in [0.15, 0.2) is 0 Å². The average Bonchev–Trinajstić information content (AvgIpc) is 2.90. The lowest BCUT2D eigenvalue weighted by Crippen LogP contribution is -2.47. The summed E-state index contributed by atoms with van der Waals surface area (Å²) < 4.78 is 18.9. The summed E-state index contributed by atoms with van der Waals surface area (Å²) in [6.45, 7) is 5.26. The molecular weight excluding hydrogens is 311 g/mol. The molecule has 0 radical (unpaired) electrons. The lowest BCUT2D eigenvalue weighted by Gasteiger charge is -2.32. The van der Waals surface area contributed by atoms with Crippen LogP contribution in [0.2, 0.25) is 0 Å². The van der Waals surface area contributed by atoms with Gasteiger partial charge in [-0.1, -0.05) is 13.0 Å². The van der Waals surface area contributed by atoms with Gasteiger partial charge in [0.05, 0.1) is 18.8 Å². The van der Waals surface area contributed by atoms with Crippen LogP contribution in [0, 0.1) is 11.7 Å². The van der Waals surface area contributed by atoms with E-state index >= 15 is 0 Å². The largest absolute Gasteiger partial charge is 0.388 e. The van der Waals surface area contributed by atoms with Crippen molar-refractivity contribution < 1.29 is 19.0 Å². The van der Waals surface area contributed by atoms with Crippen LogP contribution in [0.25, 0.3) is 0 Å². The number of ether oxygens (including phenoxy) is 1. The molecule has 0 spiro atoms. The van der Waals surface area contributed by atoms with Crippen molar-refractivity contribution in [3.05, 3.63) is 35.6 Å². The smallest absolute Gasteiger partial charge is 0.251 e. The molecule has 0 aliphatic carbocycles. The number of carbonyl (C=O) groups is 1. The van der Waals surface area contributed by atoms with Gasteiger partial charge in [0, 0.05) is 12.1 Å². The highest BCUT2D eigenvalue weighted by Crippen LogP contribution is 2.21. The minimum atomic E-state index is -0.748. The lowest BCUT2D eigenvalue weighted by atomic mass is 9.98. The third-order valence-electron chi connectivity index (χ3n) is 5.00. The third kappa shape index (κ3) is 4.12. The van der Waals surface area contributed by atoms with E-state index in [1.807, 2.05) is 0 Å². The molecule has 1 amide bonds. The molecule has 6 heteroatoms. The van der Waals surface area contributed by atoms with Crippen molar-refractivity contribution in [1.82, 2.24) is 10.2 Å². The van der Waals surface area contributed by atoms with Crippen molar-refractivity contribution in [1.29, 1.82) is 0 Å². The van der Waals surface area contributed by atoms with Crippen LogP contribution >= 0.6 is 0 Å². The van der Waals surface area contributed by atoms with Crippen molar-refractivity contribution in [3.63, 3.8) is 0 Å². The molecule has 0 aromatic heterocycles. The number of likely N-dealkylation sites (tertiary alicyclic amines) is 1. The van der Waals surface area contributed by atoms with Crippen molar-refractivity contribution in [2.24, 2.45) is 5.92 Å². The average molecular weight is 336 g/mol. The fourth-order valence-corrected chi connectivity index (χ4v) is 3.35. The Labute approximate surface area is 141 Å². The molecule has 0 unspecified atom stereocenters. The lowest BCUT2D eigenvalue weighted by molar-refractivity contribution is 0.00864. The van der Waals surface area contributed by atoms with Crippen LogP contribution < -0.4 is 5.32 Å². The van der Waals surface area contributed by atoms with E-state index in [1.54, 1.807) is 6.07 Å². The number of aliphatic hydroxyl groups excluding tert-OH is 1. The predicted octanol–water partition coefficient (Wildman–Crippen LogP) is 1.42. The molecule has 2 aliphatic rings. The summed E-state index contributed by atoms with van der Waals surface area (Å²) in [5, 5.41) is 13.2. The second-order valence-electron chi connectivity index (χ2n) is 6.94. The standard InChI is InChI=1S/C18H25FN2O3/c1-12-5-7-21(8-6-12)10-16-17(22)15(11-24-16)20-18(23)13-3-2-4-14(19)9-13/h2-4,9,12,15-17,22H,5-8,10-11H2,1H3,(H,20,23)/t15-,16-,17+/m0/s1. The van der Waals surface area contributed by atoms with Gasteiger partial charge < -0.3 is 20.1 Å². The molecule has 1 aromatic carbocycles. The summed E-state index contributed by atoms with van der Waals surface area (Å²) in [4.78, 5) is 14.5. The van der Waals surface area contributed by atoms with Crippen molar-refractivity contribution >= 4 is 5.91 Å². The minimum Gasteiger partial charge on any atom is -0.388 e. The summed E-state index contributed by atoms with van der Waals surface area (Å²) in [5.41, 5.74) is 0.246. The molecule has 2 aliphatic heterocycles. The van der Waals surface area contributed by atoms with Crippen LogP contribution in [0.15, 0.2) is 24.3 Å². The first-order chi connectivity index (χ1) is 11.5. The predicted molar refractivity (Wildman–Crippen MR) is 88.2 cm³/mol. The molecule has 0 bridgehead atoms. The number of amides is 1. The molecule has 2 heterocycles. The molecule has 132 valence electrons. The molecule has 3 atom stereocenters. The second kappa shape index (κ2) is 7.59. The molecule has 2 N–H and O–H groups in total. The van der Waals surface area contributed by atoms with E-state index < -0.39 is 23.9 Å². The maximum Gasteiger partial charge on any atom is 0.251 e. The Kier molecular flexibility index (Phi) is 5.48. The quantitative estimate of drug-likeness (QED) is 0.873. The van der Waals surface area contributed by atoms with Gasteiger partial charge in [-0.15, -0.1) is 0 Å². The Hall–Kier alpha value is -1.50. The maximum atomic E-state index is 13.2. The van der Waals surface area contributed by atoms with E-state index in [9.17, 15) is 14.3 Å². The van der Waals surface area contributed by atoms with Gasteiger partial charge in [-0.2, -0.15) is 0 Å². The number of hydrogen-bond acceptors (Lipinski definition) is 4. The number of nitrogens with one attached hydrogen (secondary N) is 1. The van der Waals surface area contributed by atoms with Crippen LogP contribution in [0.5, 0.6) is 0 Å². The fourth-order valence-electron chi connectivity index (χ4n) is 3.35. The number of carbonyl (C=O) groups excluding carboxylic acids is 1. The van der Waals surface area contributed by atoms with E-state index in [1.165, 1.54) is 31.0 Å². The number of halogens is 1. The topological polar surface area (TPSA) is 61.8 Å². The molecule has 0 saturated carbocycles. The zero-order valence-electron chi connectivity index (χ0n) is 14.0. The van der Waals surface area contributed by atoms with Gasteiger partial charge in [-0.3, -0.25) is 4.79 Å². The number of benzene rings is 1. The molecule has 5 nitrogen and oxygen atoms in total. The van der Waals surface area contributed by atoms with Gasteiger partial charge in [0.25, 0.3) is 5.91 Å². The van der Waals surface area contributed by atoms with Crippen LogP contribution in [0.1, 0.15) is 30.1 Å². The summed E-state index contributed by atoms with van der Waals surface area (Å²) in [7, 11) is 0. The summed E-state index contributed by atoms with van der Waals surface area (Å²) in [6.07, 6.45) is 1.29. The van der Waals surface area contributed by atoms with E-state index in [2.05, 4.69) is 17.1 Å².